The van der Waals surface area contributed by atoms with E-state index in [0.29, 0.717) is 17.2 Å². The molecule has 0 aliphatic heterocycles. The summed E-state index contributed by atoms with van der Waals surface area (Å²) in [5.74, 6) is 1.46. The fourth-order valence-electron chi connectivity index (χ4n) is 1.92. The van der Waals surface area contributed by atoms with E-state index in [1.54, 1.807) is 24.3 Å². The number of benzene rings is 2. The summed E-state index contributed by atoms with van der Waals surface area (Å²) in [6.07, 6.45) is -1.27. The quantitative estimate of drug-likeness (QED) is 0.625. The first-order valence-corrected chi connectivity index (χ1v) is 6.55. The Hall–Kier alpha value is -3.29. The van der Waals surface area contributed by atoms with Gasteiger partial charge in [-0.05, 0) is 24.3 Å². The van der Waals surface area contributed by atoms with Gasteiger partial charge < -0.3 is 19.9 Å². The Morgan fingerprint density at radius 3 is 2.57 bits per heavy atom. The lowest BCUT2D eigenvalue weighted by Gasteiger charge is -2.09. The first-order chi connectivity index (χ1) is 11.0. The fourth-order valence-corrected chi connectivity index (χ4v) is 1.92. The van der Waals surface area contributed by atoms with E-state index in [1.165, 1.54) is 25.3 Å². The zero-order valence-corrected chi connectivity index (χ0v) is 12.2. The zero-order valence-electron chi connectivity index (χ0n) is 12.2. The molecule has 0 saturated heterocycles. The maximum Gasteiger partial charge on any atom is 0.404 e. The monoisotopic (exact) mass is 318 g/mol. The molecular formula is C15H14N2O6. The Bertz CT molecular complexity index is 732. The lowest BCUT2D eigenvalue weighted by molar-refractivity contribution is -0.385. The van der Waals surface area contributed by atoms with Crippen molar-refractivity contribution >= 4 is 11.8 Å². The van der Waals surface area contributed by atoms with Gasteiger partial charge in [-0.1, -0.05) is 6.07 Å². The van der Waals surface area contributed by atoms with Gasteiger partial charge in [0.05, 0.1) is 24.1 Å². The van der Waals surface area contributed by atoms with Gasteiger partial charge in [-0.3, -0.25) is 10.1 Å². The molecule has 0 aliphatic rings. The summed E-state index contributed by atoms with van der Waals surface area (Å²) in [5.41, 5.74) is 0.0227. The van der Waals surface area contributed by atoms with Crippen LogP contribution in [-0.4, -0.2) is 23.2 Å². The molecule has 0 radical (unpaired) electrons. The van der Waals surface area contributed by atoms with Gasteiger partial charge >= 0.3 is 6.09 Å². The molecular weight excluding hydrogens is 304 g/mol. The number of amides is 1. The van der Waals surface area contributed by atoms with Crippen molar-refractivity contribution in [3.63, 3.8) is 0 Å². The topological polar surface area (TPSA) is 111 Å². The van der Waals surface area contributed by atoms with E-state index in [0.717, 1.165) is 0 Å². The summed E-state index contributed by atoms with van der Waals surface area (Å²) in [6.45, 7) is -0.193. The lowest BCUT2D eigenvalue weighted by Crippen LogP contribution is -2.20. The molecule has 0 aliphatic carbocycles. The number of ether oxygens (including phenoxy) is 2. The standard InChI is InChI=1S/C15H14N2O6/c1-22-11-3-2-4-12(8-11)23-13-5-6-14(17(20)21)10(7-13)9-16-15(18)19/h2-8,16H,9H2,1H3,(H,18,19). The minimum absolute atomic E-state index is 0.184. The molecule has 8 heteroatoms. The van der Waals surface area contributed by atoms with E-state index in [-0.39, 0.29) is 17.8 Å². The molecule has 0 aromatic heterocycles. The molecule has 23 heavy (non-hydrogen) atoms. The molecule has 2 N–H and O–H groups in total. The van der Waals surface area contributed by atoms with Crippen molar-refractivity contribution in [2.45, 2.75) is 6.54 Å². The van der Waals surface area contributed by atoms with E-state index in [4.69, 9.17) is 14.6 Å². The summed E-state index contributed by atoms with van der Waals surface area (Å²) >= 11 is 0. The van der Waals surface area contributed by atoms with Gasteiger partial charge in [0.1, 0.15) is 17.2 Å². The van der Waals surface area contributed by atoms with Crippen molar-refractivity contribution in [1.29, 1.82) is 0 Å². The molecule has 2 rings (SSSR count). The number of rotatable bonds is 6. The third-order valence-electron chi connectivity index (χ3n) is 2.95. The average Bonchev–Trinajstić information content (AvgIpc) is 2.53. The summed E-state index contributed by atoms with van der Waals surface area (Å²) in [6, 6.07) is 11.0. The smallest absolute Gasteiger partial charge is 0.404 e. The number of hydrogen-bond donors (Lipinski definition) is 2. The largest absolute Gasteiger partial charge is 0.497 e. The van der Waals surface area contributed by atoms with E-state index in [2.05, 4.69) is 5.32 Å². The molecule has 120 valence electrons. The van der Waals surface area contributed by atoms with Crippen LogP contribution in [0.15, 0.2) is 42.5 Å². The number of hydrogen-bond acceptors (Lipinski definition) is 5. The van der Waals surface area contributed by atoms with Gasteiger partial charge in [-0.25, -0.2) is 4.79 Å². The number of nitrogens with zero attached hydrogens (tertiary/aromatic N) is 1. The third kappa shape index (κ3) is 4.34. The molecule has 0 saturated carbocycles. The maximum absolute atomic E-state index is 11.0. The number of carbonyl (C=O) groups is 1. The van der Waals surface area contributed by atoms with Crippen LogP contribution in [0.4, 0.5) is 10.5 Å². The maximum atomic E-state index is 11.0. The number of nitrogens with one attached hydrogen (secondary N) is 1. The molecule has 0 unspecified atom stereocenters. The number of nitro benzene ring substituents is 1. The molecule has 0 fully saturated rings. The van der Waals surface area contributed by atoms with Crippen LogP contribution >= 0.6 is 0 Å². The van der Waals surface area contributed by atoms with Crippen molar-refractivity contribution in [2.24, 2.45) is 0 Å². The van der Waals surface area contributed by atoms with Crippen LogP contribution in [0.2, 0.25) is 0 Å². The van der Waals surface area contributed by atoms with Gasteiger partial charge in [-0.2, -0.15) is 0 Å². The van der Waals surface area contributed by atoms with Crippen LogP contribution < -0.4 is 14.8 Å². The molecule has 0 heterocycles. The molecule has 0 spiro atoms. The van der Waals surface area contributed by atoms with Gasteiger partial charge in [0.2, 0.25) is 0 Å². The number of carboxylic acid groups (broad SMARTS) is 1. The summed E-state index contributed by atoms with van der Waals surface area (Å²) < 4.78 is 10.7. The third-order valence-corrected chi connectivity index (χ3v) is 2.95. The van der Waals surface area contributed by atoms with Crippen LogP contribution in [0.25, 0.3) is 0 Å². The van der Waals surface area contributed by atoms with E-state index >= 15 is 0 Å². The second-order valence-corrected chi connectivity index (χ2v) is 4.49. The highest BCUT2D eigenvalue weighted by atomic mass is 16.6. The predicted octanol–water partition coefficient (Wildman–Crippen LogP) is 3.16. The highest BCUT2D eigenvalue weighted by Gasteiger charge is 2.15. The Morgan fingerprint density at radius 2 is 1.91 bits per heavy atom. The van der Waals surface area contributed by atoms with Crippen molar-refractivity contribution in [3.05, 3.63) is 58.1 Å². The van der Waals surface area contributed by atoms with Gasteiger partial charge in [-0.15, -0.1) is 0 Å². The normalized spacial score (nSPS) is 9.96. The molecule has 8 nitrogen and oxygen atoms in total. The highest BCUT2D eigenvalue weighted by molar-refractivity contribution is 5.64. The fraction of sp³-hybridized carbons (Fsp3) is 0.133. The molecule has 2 aromatic carbocycles. The SMILES string of the molecule is COc1cccc(Oc2ccc([N+](=O)[O-])c(CNC(=O)O)c2)c1. The molecule has 0 atom stereocenters. The van der Waals surface area contributed by atoms with Crippen LogP contribution in [0.1, 0.15) is 5.56 Å². The lowest BCUT2D eigenvalue weighted by atomic mass is 10.1. The Kier molecular flexibility index (Phi) is 4.98. The molecule has 0 bridgehead atoms. The average molecular weight is 318 g/mol. The van der Waals surface area contributed by atoms with E-state index < -0.39 is 11.0 Å². The number of nitro groups is 1. The molecule has 2 aromatic rings. The van der Waals surface area contributed by atoms with Crippen LogP contribution in [0.3, 0.4) is 0 Å². The van der Waals surface area contributed by atoms with Crippen molar-refractivity contribution in [1.82, 2.24) is 5.32 Å². The first-order valence-electron chi connectivity index (χ1n) is 6.55. The first kappa shape index (κ1) is 16.1. The predicted molar refractivity (Wildman–Crippen MR) is 81.0 cm³/mol. The summed E-state index contributed by atoms with van der Waals surface area (Å²) in [7, 11) is 1.53. The summed E-state index contributed by atoms with van der Waals surface area (Å²) in [4.78, 5) is 21.0. The van der Waals surface area contributed by atoms with Crippen LogP contribution in [-0.2, 0) is 6.54 Å². The van der Waals surface area contributed by atoms with E-state index in [1.807, 2.05) is 0 Å². The Morgan fingerprint density at radius 1 is 1.22 bits per heavy atom. The van der Waals surface area contributed by atoms with Crippen molar-refractivity contribution in [3.8, 4) is 17.2 Å². The molecule has 1 amide bonds. The van der Waals surface area contributed by atoms with Crippen LogP contribution in [0.5, 0.6) is 17.2 Å². The van der Waals surface area contributed by atoms with Crippen molar-refractivity contribution < 1.29 is 24.3 Å². The van der Waals surface area contributed by atoms with Gasteiger partial charge in [0.25, 0.3) is 5.69 Å². The highest BCUT2D eigenvalue weighted by Crippen LogP contribution is 2.29. The second kappa shape index (κ2) is 7.12. The van der Waals surface area contributed by atoms with Crippen molar-refractivity contribution in [2.75, 3.05) is 7.11 Å². The van der Waals surface area contributed by atoms with E-state index in [9.17, 15) is 14.9 Å². The zero-order chi connectivity index (χ0) is 16.8. The second-order valence-electron chi connectivity index (χ2n) is 4.49. The Labute approximate surface area is 131 Å². The van der Waals surface area contributed by atoms with Gasteiger partial charge in [0.15, 0.2) is 0 Å². The van der Waals surface area contributed by atoms with Gasteiger partial charge in [0, 0.05) is 12.1 Å². The summed E-state index contributed by atoms with van der Waals surface area (Å²) in [5, 5.41) is 21.7. The Balaban J connectivity index is 2.26. The number of methoxy groups -OCH3 is 1. The minimum atomic E-state index is -1.27. The minimum Gasteiger partial charge on any atom is -0.497 e. The van der Waals surface area contributed by atoms with Crippen LogP contribution in [0, 0.1) is 10.1 Å².